The minimum atomic E-state index is -0.186. The Morgan fingerprint density at radius 3 is 2.53 bits per heavy atom. The number of anilines is 2. The first-order valence-corrected chi connectivity index (χ1v) is 11.9. The molecule has 0 bridgehead atoms. The molecule has 1 N–H and O–H groups in total. The number of carbonyl (C=O) groups is 1. The number of fused-ring (bicyclic) bond motifs is 2. The van der Waals surface area contributed by atoms with Crippen LogP contribution in [0.1, 0.15) is 30.4 Å². The number of hydrogen-bond acceptors (Lipinski definition) is 4. The van der Waals surface area contributed by atoms with Crippen molar-refractivity contribution in [2.24, 2.45) is 0 Å². The second-order valence-corrected chi connectivity index (χ2v) is 9.76. The van der Waals surface area contributed by atoms with Crippen LogP contribution in [-0.4, -0.2) is 48.8 Å². The highest BCUT2D eigenvalue weighted by Gasteiger charge is 2.28. The van der Waals surface area contributed by atoms with E-state index in [-0.39, 0.29) is 17.0 Å². The lowest BCUT2D eigenvalue weighted by Crippen LogP contribution is -2.46. The number of halogens is 1. The van der Waals surface area contributed by atoms with Gasteiger partial charge >= 0.3 is 0 Å². The molecule has 2 aliphatic heterocycles. The van der Waals surface area contributed by atoms with E-state index in [1.807, 2.05) is 12.1 Å². The van der Waals surface area contributed by atoms with Crippen molar-refractivity contribution < 1.29 is 9.18 Å². The molecule has 0 aromatic heterocycles. The number of hydrogen-bond donors (Lipinski definition) is 1. The minimum Gasteiger partial charge on any atom is -0.369 e. The first-order valence-electron chi connectivity index (χ1n) is 11.0. The zero-order valence-electron chi connectivity index (χ0n) is 17.2. The lowest BCUT2D eigenvalue weighted by Gasteiger charge is -2.36. The second-order valence-electron chi connectivity index (χ2n) is 8.51. The van der Waals surface area contributed by atoms with Gasteiger partial charge in [0.15, 0.2) is 0 Å². The van der Waals surface area contributed by atoms with Crippen molar-refractivity contribution in [3.8, 4) is 0 Å². The van der Waals surface area contributed by atoms with Crippen LogP contribution in [0.4, 0.5) is 15.8 Å². The van der Waals surface area contributed by atoms with Gasteiger partial charge in [0, 0.05) is 36.8 Å². The van der Waals surface area contributed by atoms with E-state index in [2.05, 4.69) is 27.2 Å². The lowest BCUT2D eigenvalue weighted by atomic mass is 10.1. The molecule has 0 saturated carbocycles. The molecule has 1 aliphatic carbocycles. The third kappa shape index (κ3) is 4.21. The molecular weight excluding hydrogens is 397 g/mol. The summed E-state index contributed by atoms with van der Waals surface area (Å²) in [5.41, 5.74) is 4.98. The van der Waals surface area contributed by atoms with E-state index in [0.29, 0.717) is 0 Å². The Labute approximate surface area is 181 Å². The first-order chi connectivity index (χ1) is 14.7. The van der Waals surface area contributed by atoms with Crippen LogP contribution in [0, 0.1) is 5.82 Å². The Kier molecular flexibility index (Phi) is 5.70. The van der Waals surface area contributed by atoms with E-state index in [4.69, 9.17) is 0 Å². The van der Waals surface area contributed by atoms with E-state index < -0.39 is 0 Å². The highest BCUT2D eigenvalue weighted by Crippen LogP contribution is 2.40. The summed E-state index contributed by atoms with van der Waals surface area (Å²) in [5, 5.41) is 3.16. The summed E-state index contributed by atoms with van der Waals surface area (Å²) in [5.74, 6) is -0.0272. The maximum atomic E-state index is 13.1. The maximum Gasteiger partial charge on any atom is 0.237 e. The van der Waals surface area contributed by atoms with E-state index in [9.17, 15) is 9.18 Å². The molecule has 1 atom stereocenters. The number of benzene rings is 2. The molecule has 1 amide bonds. The van der Waals surface area contributed by atoms with Gasteiger partial charge in [-0.3, -0.25) is 9.69 Å². The van der Waals surface area contributed by atoms with Crippen LogP contribution in [0.25, 0.3) is 0 Å². The molecule has 158 valence electrons. The van der Waals surface area contributed by atoms with Crippen molar-refractivity contribution in [3.05, 3.63) is 53.3 Å². The first kappa shape index (κ1) is 19.9. The monoisotopic (exact) mass is 425 g/mol. The SMILES string of the molecule is O=C1Nc2cc3c(cc2SC1CCCN1CCN(c2ccc(F)cc2)CC1)CCC3. The fraction of sp³-hybridized carbons (Fsp3) is 0.458. The normalized spacial score (nSPS) is 21.3. The summed E-state index contributed by atoms with van der Waals surface area (Å²) >= 11 is 1.75. The van der Waals surface area contributed by atoms with E-state index in [1.54, 1.807) is 11.8 Å². The Morgan fingerprint density at radius 2 is 1.77 bits per heavy atom. The molecule has 3 aliphatic rings. The van der Waals surface area contributed by atoms with Crippen LogP contribution in [0.3, 0.4) is 0 Å². The van der Waals surface area contributed by atoms with Gasteiger partial charge in [-0.15, -0.1) is 11.8 Å². The largest absolute Gasteiger partial charge is 0.369 e. The van der Waals surface area contributed by atoms with Gasteiger partial charge in [0.05, 0.1) is 10.9 Å². The number of thioether (sulfide) groups is 1. The van der Waals surface area contributed by atoms with Gasteiger partial charge in [-0.2, -0.15) is 0 Å². The summed E-state index contributed by atoms with van der Waals surface area (Å²) in [4.78, 5) is 18.6. The predicted octanol–water partition coefficient (Wildman–Crippen LogP) is 4.33. The minimum absolute atomic E-state index is 0.0115. The molecule has 1 fully saturated rings. The Hall–Kier alpha value is -2.05. The molecule has 5 rings (SSSR count). The van der Waals surface area contributed by atoms with Crippen LogP contribution in [0.5, 0.6) is 0 Å². The number of nitrogens with one attached hydrogen (secondary N) is 1. The van der Waals surface area contributed by atoms with Gasteiger partial charge in [-0.25, -0.2) is 4.39 Å². The number of rotatable bonds is 5. The van der Waals surface area contributed by atoms with Gasteiger partial charge < -0.3 is 10.2 Å². The molecular formula is C24H28FN3OS. The van der Waals surface area contributed by atoms with Gasteiger partial charge in [0.2, 0.25) is 5.91 Å². The number of nitrogens with zero attached hydrogens (tertiary/aromatic N) is 2. The molecule has 6 heteroatoms. The van der Waals surface area contributed by atoms with Crippen molar-refractivity contribution in [3.63, 3.8) is 0 Å². The average Bonchev–Trinajstić information content (AvgIpc) is 3.21. The molecule has 1 unspecified atom stereocenters. The molecule has 4 nitrogen and oxygen atoms in total. The topological polar surface area (TPSA) is 35.6 Å². The number of piperazine rings is 1. The van der Waals surface area contributed by atoms with E-state index in [1.165, 1.54) is 41.0 Å². The zero-order chi connectivity index (χ0) is 20.5. The van der Waals surface area contributed by atoms with Gasteiger partial charge in [-0.1, -0.05) is 0 Å². The van der Waals surface area contributed by atoms with Crippen LogP contribution in [0.2, 0.25) is 0 Å². The maximum absolute atomic E-state index is 13.1. The predicted molar refractivity (Wildman–Crippen MR) is 121 cm³/mol. The van der Waals surface area contributed by atoms with Crippen molar-refractivity contribution in [1.29, 1.82) is 0 Å². The van der Waals surface area contributed by atoms with Crippen LogP contribution >= 0.6 is 11.8 Å². The van der Waals surface area contributed by atoms with Crippen molar-refractivity contribution >= 4 is 29.0 Å². The summed E-state index contributed by atoms with van der Waals surface area (Å²) in [6, 6.07) is 11.3. The van der Waals surface area contributed by atoms with E-state index in [0.717, 1.165) is 63.4 Å². The van der Waals surface area contributed by atoms with Crippen molar-refractivity contribution in [1.82, 2.24) is 4.90 Å². The molecule has 0 spiro atoms. The van der Waals surface area contributed by atoms with Crippen LogP contribution < -0.4 is 10.2 Å². The molecule has 2 aromatic carbocycles. The third-order valence-corrected chi connectivity index (χ3v) is 7.84. The van der Waals surface area contributed by atoms with Gasteiger partial charge in [0.1, 0.15) is 5.82 Å². The Balaban J connectivity index is 1.10. The van der Waals surface area contributed by atoms with Gasteiger partial charge in [0.25, 0.3) is 0 Å². The fourth-order valence-corrected chi connectivity index (χ4v) is 5.99. The molecule has 1 saturated heterocycles. The fourth-order valence-electron chi connectivity index (χ4n) is 4.79. The zero-order valence-corrected chi connectivity index (χ0v) is 18.0. The van der Waals surface area contributed by atoms with Crippen molar-refractivity contribution in [2.75, 3.05) is 42.9 Å². The highest BCUT2D eigenvalue weighted by atomic mass is 32.2. The molecule has 0 radical (unpaired) electrons. The standard InChI is InChI=1S/C24H28FN3OS/c25-19-6-8-20(9-7-19)28-13-11-27(12-14-28)10-2-5-22-24(29)26-21-15-17-3-1-4-18(17)16-23(21)30-22/h6-9,15-16,22H,1-5,10-14H2,(H,26,29). The Morgan fingerprint density at radius 1 is 1.03 bits per heavy atom. The third-order valence-electron chi connectivity index (χ3n) is 6.52. The number of aryl methyl sites for hydroxylation is 2. The van der Waals surface area contributed by atoms with Crippen LogP contribution in [-0.2, 0) is 17.6 Å². The number of amides is 1. The highest BCUT2D eigenvalue weighted by molar-refractivity contribution is 8.01. The lowest BCUT2D eigenvalue weighted by molar-refractivity contribution is -0.115. The summed E-state index contributed by atoms with van der Waals surface area (Å²) in [6.07, 6.45) is 5.48. The van der Waals surface area contributed by atoms with E-state index >= 15 is 0 Å². The smallest absolute Gasteiger partial charge is 0.237 e. The molecule has 2 aromatic rings. The summed E-state index contributed by atoms with van der Waals surface area (Å²) < 4.78 is 13.1. The summed E-state index contributed by atoms with van der Waals surface area (Å²) in [7, 11) is 0. The molecule has 30 heavy (non-hydrogen) atoms. The Bertz CT molecular complexity index is 925. The van der Waals surface area contributed by atoms with Crippen molar-refractivity contribution in [2.45, 2.75) is 42.2 Å². The average molecular weight is 426 g/mol. The second kappa shape index (κ2) is 8.60. The molecule has 2 heterocycles. The number of carbonyl (C=O) groups excluding carboxylic acids is 1. The van der Waals surface area contributed by atoms with Gasteiger partial charge in [-0.05, 0) is 86.2 Å². The van der Waals surface area contributed by atoms with Crippen LogP contribution in [0.15, 0.2) is 41.3 Å². The quantitative estimate of drug-likeness (QED) is 0.774. The summed E-state index contributed by atoms with van der Waals surface area (Å²) in [6.45, 7) is 4.97.